The molecule has 0 fully saturated rings. The molecule has 0 unspecified atom stereocenters. The summed E-state index contributed by atoms with van der Waals surface area (Å²) >= 11 is 8.80. The lowest BCUT2D eigenvalue weighted by molar-refractivity contribution is 0.107. The van der Waals surface area contributed by atoms with Crippen LogP contribution in [0.5, 0.6) is 0 Å². The second kappa shape index (κ2) is 4.21. The third-order valence-electron chi connectivity index (χ3n) is 2.06. The summed E-state index contributed by atoms with van der Waals surface area (Å²) in [6.45, 7) is 0. The Labute approximate surface area is 100 Å². The third kappa shape index (κ3) is 2.13. The molecule has 15 heavy (non-hydrogen) atoms. The zero-order valence-corrected chi connectivity index (χ0v) is 9.97. The normalized spacial score (nSPS) is 10.3. The highest BCUT2D eigenvalue weighted by Gasteiger charge is 2.08. The fraction of sp³-hybridized carbons (Fsp3) is 0. The summed E-state index contributed by atoms with van der Waals surface area (Å²) in [6.07, 6.45) is 0. The van der Waals surface area contributed by atoms with E-state index in [1.165, 1.54) is 0 Å². The largest absolute Gasteiger partial charge is 0.351 e. The van der Waals surface area contributed by atoms with E-state index in [2.05, 4.69) is 20.9 Å². The van der Waals surface area contributed by atoms with Crippen molar-refractivity contribution < 1.29 is 4.79 Å². The summed E-state index contributed by atoms with van der Waals surface area (Å²) < 4.78 is 0.973. The van der Waals surface area contributed by atoms with E-state index in [9.17, 15) is 4.79 Å². The first-order valence-corrected chi connectivity index (χ1v) is 5.49. The maximum Gasteiger partial charge on any atom is 0.268 e. The van der Waals surface area contributed by atoms with E-state index >= 15 is 0 Å². The van der Waals surface area contributed by atoms with Crippen LogP contribution in [0.2, 0.25) is 0 Å². The van der Waals surface area contributed by atoms with Gasteiger partial charge in [-0.3, -0.25) is 4.79 Å². The summed E-state index contributed by atoms with van der Waals surface area (Å²) in [7, 11) is 0. The van der Waals surface area contributed by atoms with E-state index in [1.54, 1.807) is 6.07 Å². The van der Waals surface area contributed by atoms with Gasteiger partial charge in [-0.05, 0) is 29.8 Å². The lowest BCUT2D eigenvalue weighted by atomic mass is 10.2. The van der Waals surface area contributed by atoms with E-state index in [-0.39, 0.29) is 0 Å². The summed E-state index contributed by atoms with van der Waals surface area (Å²) in [5, 5.41) is -0.478. The first-order valence-electron chi connectivity index (χ1n) is 4.32. The van der Waals surface area contributed by atoms with Gasteiger partial charge in [-0.15, -0.1) is 0 Å². The standard InChI is InChI=1S/C11H7BrClNO/c12-8-4-2-1-3-7(8)9-5-6-10(14-9)11(13)15/h1-6,14H. The zero-order valence-electron chi connectivity index (χ0n) is 7.63. The minimum absolute atomic E-state index is 0.405. The first-order chi connectivity index (χ1) is 7.18. The van der Waals surface area contributed by atoms with Gasteiger partial charge in [0.15, 0.2) is 0 Å². The number of carbonyl (C=O) groups is 1. The van der Waals surface area contributed by atoms with E-state index in [4.69, 9.17) is 11.6 Å². The lowest BCUT2D eigenvalue weighted by Crippen LogP contribution is -1.88. The molecular formula is C11H7BrClNO. The highest BCUT2D eigenvalue weighted by Crippen LogP contribution is 2.27. The van der Waals surface area contributed by atoms with Gasteiger partial charge < -0.3 is 4.98 Å². The first kappa shape index (κ1) is 10.5. The number of H-pyrrole nitrogens is 1. The predicted molar refractivity (Wildman–Crippen MR) is 64.1 cm³/mol. The number of hydrogen-bond acceptors (Lipinski definition) is 1. The molecule has 0 atom stereocenters. The Kier molecular flexibility index (Phi) is 2.93. The quantitative estimate of drug-likeness (QED) is 0.836. The Hall–Kier alpha value is -1.06. The average molecular weight is 285 g/mol. The molecule has 0 saturated carbocycles. The van der Waals surface area contributed by atoms with E-state index in [1.807, 2.05) is 30.3 Å². The van der Waals surface area contributed by atoms with Crippen molar-refractivity contribution in [2.24, 2.45) is 0 Å². The monoisotopic (exact) mass is 283 g/mol. The number of carbonyl (C=O) groups excluding carboxylic acids is 1. The molecule has 0 aliphatic rings. The number of rotatable bonds is 2. The Morgan fingerprint density at radius 1 is 1.20 bits per heavy atom. The van der Waals surface area contributed by atoms with Crippen LogP contribution in [0.3, 0.4) is 0 Å². The molecule has 0 bridgehead atoms. The highest BCUT2D eigenvalue weighted by atomic mass is 79.9. The van der Waals surface area contributed by atoms with Gasteiger partial charge in [-0.2, -0.15) is 0 Å². The molecule has 1 aromatic carbocycles. The van der Waals surface area contributed by atoms with E-state index in [0.29, 0.717) is 5.69 Å². The molecule has 76 valence electrons. The molecule has 2 nitrogen and oxygen atoms in total. The van der Waals surface area contributed by atoms with Crippen LogP contribution >= 0.6 is 27.5 Å². The average Bonchev–Trinajstić information content (AvgIpc) is 2.67. The van der Waals surface area contributed by atoms with Crippen LogP contribution in [0, 0.1) is 0 Å². The number of halogens is 2. The van der Waals surface area contributed by atoms with E-state index < -0.39 is 5.24 Å². The molecule has 4 heteroatoms. The van der Waals surface area contributed by atoms with Gasteiger partial charge in [-0.25, -0.2) is 0 Å². The lowest BCUT2D eigenvalue weighted by Gasteiger charge is -2.00. The van der Waals surface area contributed by atoms with Crippen molar-refractivity contribution in [2.75, 3.05) is 0 Å². The molecule has 1 N–H and O–H groups in total. The molecule has 2 rings (SSSR count). The van der Waals surface area contributed by atoms with Crippen LogP contribution in [-0.4, -0.2) is 10.2 Å². The van der Waals surface area contributed by atoms with Crippen LogP contribution in [0.4, 0.5) is 0 Å². The van der Waals surface area contributed by atoms with Crippen LogP contribution in [0.15, 0.2) is 40.9 Å². The van der Waals surface area contributed by atoms with Gasteiger partial charge in [0.1, 0.15) is 0 Å². The zero-order chi connectivity index (χ0) is 10.8. The second-order valence-electron chi connectivity index (χ2n) is 3.04. The van der Waals surface area contributed by atoms with Crippen molar-refractivity contribution in [3.8, 4) is 11.3 Å². The van der Waals surface area contributed by atoms with Crippen LogP contribution in [0.1, 0.15) is 10.5 Å². The molecule has 0 aliphatic carbocycles. The molecule has 1 aromatic heterocycles. The molecular weight excluding hydrogens is 277 g/mol. The summed E-state index contributed by atoms with van der Waals surface area (Å²) in [4.78, 5) is 13.9. The number of benzene rings is 1. The maximum absolute atomic E-state index is 10.9. The van der Waals surface area contributed by atoms with Crippen molar-refractivity contribution in [3.63, 3.8) is 0 Å². The van der Waals surface area contributed by atoms with Gasteiger partial charge in [0.2, 0.25) is 0 Å². The fourth-order valence-corrected chi connectivity index (χ4v) is 1.96. The minimum atomic E-state index is -0.478. The SMILES string of the molecule is O=C(Cl)c1ccc(-c2ccccc2Br)[nH]1. The van der Waals surface area contributed by atoms with Crippen molar-refractivity contribution in [3.05, 3.63) is 46.6 Å². The second-order valence-corrected chi connectivity index (χ2v) is 4.24. The third-order valence-corrected chi connectivity index (χ3v) is 2.96. The van der Waals surface area contributed by atoms with Gasteiger partial charge in [0.05, 0.1) is 5.69 Å². The number of aromatic nitrogens is 1. The van der Waals surface area contributed by atoms with Crippen molar-refractivity contribution in [1.29, 1.82) is 0 Å². The minimum Gasteiger partial charge on any atom is -0.351 e. The summed E-state index contributed by atoms with van der Waals surface area (Å²) in [6, 6.07) is 11.3. The van der Waals surface area contributed by atoms with Crippen molar-refractivity contribution >= 4 is 32.8 Å². The molecule has 2 aromatic rings. The van der Waals surface area contributed by atoms with Crippen LogP contribution in [-0.2, 0) is 0 Å². The molecule has 0 saturated heterocycles. The van der Waals surface area contributed by atoms with E-state index in [0.717, 1.165) is 15.7 Å². The summed E-state index contributed by atoms with van der Waals surface area (Å²) in [5.41, 5.74) is 2.27. The van der Waals surface area contributed by atoms with Crippen LogP contribution in [0.25, 0.3) is 11.3 Å². The highest BCUT2D eigenvalue weighted by molar-refractivity contribution is 9.10. The smallest absolute Gasteiger partial charge is 0.268 e. The molecule has 0 spiro atoms. The fourth-order valence-electron chi connectivity index (χ4n) is 1.35. The van der Waals surface area contributed by atoms with Gasteiger partial charge >= 0.3 is 0 Å². The molecule has 1 heterocycles. The predicted octanol–water partition coefficient (Wildman–Crippen LogP) is 3.82. The molecule has 0 aliphatic heterocycles. The molecule has 0 radical (unpaired) electrons. The number of hydrogen-bond donors (Lipinski definition) is 1. The van der Waals surface area contributed by atoms with Gasteiger partial charge in [0.25, 0.3) is 5.24 Å². The van der Waals surface area contributed by atoms with Crippen molar-refractivity contribution in [2.45, 2.75) is 0 Å². The van der Waals surface area contributed by atoms with Gasteiger partial charge in [0, 0.05) is 15.7 Å². The number of aromatic amines is 1. The maximum atomic E-state index is 10.9. The Balaban J connectivity index is 2.46. The Bertz CT molecular complexity index is 507. The Morgan fingerprint density at radius 3 is 2.53 bits per heavy atom. The summed E-state index contributed by atoms with van der Waals surface area (Å²) in [5.74, 6) is 0. The number of nitrogens with one attached hydrogen (secondary N) is 1. The van der Waals surface area contributed by atoms with Crippen LogP contribution < -0.4 is 0 Å². The topological polar surface area (TPSA) is 32.9 Å². The Morgan fingerprint density at radius 2 is 1.93 bits per heavy atom. The van der Waals surface area contributed by atoms with Crippen molar-refractivity contribution in [1.82, 2.24) is 4.98 Å². The molecule has 0 amide bonds. The van der Waals surface area contributed by atoms with Gasteiger partial charge in [-0.1, -0.05) is 34.1 Å².